The van der Waals surface area contributed by atoms with Crippen molar-refractivity contribution in [2.75, 3.05) is 33.9 Å². The summed E-state index contributed by atoms with van der Waals surface area (Å²) >= 11 is 0. The van der Waals surface area contributed by atoms with Crippen molar-refractivity contribution in [3.63, 3.8) is 0 Å². The lowest BCUT2D eigenvalue weighted by Gasteiger charge is -2.41. The van der Waals surface area contributed by atoms with Crippen LogP contribution in [0.3, 0.4) is 0 Å². The van der Waals surface area contributed by atoms with Gasteiger partial charge in [0.05, 0.1) is 5.60 Å². The molecule has 1 atom stereocenters. The maximum Gasteiger partial charge on any atom is 0.316 e. The Kier molecular flexibility index (Phi) is 6.48. The van der Waals surface area contributed by atoms with E-state index in [1.54, 1.807) is 37.5 Å². The van der Waals surface area contributed by atoms with Crippen LogP contribution in [0.1, 0.15) is 25.7 Å². The maximum absolute atomic E-state index is 12.4. The van der Waals surface area contributed by atoms with Crippen LogP contribution in [0, 0.1) is 0 Å². The van der Waals surface area contributed by atoms with Gasteiger partial charge in [0.2, 0.25) is 5.91 Å². The molecule has 132 valence electrons. The third-order valence-electron chi connectivity index (χ3n) is 4.28. The van der Waals surface area contributed by atoms with E-state index in [1.165, 1.54) is 0 Å². The van der Waals surface area contributed by atoms with Crippen LogP contribution in [0.15, 0.2) is 18.5 Å². The summed E-state index contributed by atoms with van der Waals surface area (Å²) in [5.41, 5.74) is -0.482. The third kappa shape index (κ3) is 4.89. The zero-order valence-corrected chi connectivity index (χ0v) is 14.2. The Hall–Kier alpha value is -2.22. The second kappa shape index (κ2) is 8.58. The minimum atomic E-state index is -0.482. The van der Waals surface area contributed by atoms with Crippen molar-refractivity contribution in [1.82, 2.24) is 20.2 Å². The number of nitrogens with zero attached hydrogens (tertiary/aromatic N) is 3. The number of hydrogen-bond donors (Lipinski definition) is 1. The van der Waals surface area contributed by atoms with Crippen LogP contribution in [0.25, 0.3) is 0 Å². The van der Waals surface area contributed by atoms with E-state index in [4.69, 9.17) is 9.47 Å². The number of carbonyl (C=O) groups excluding carboxylic acids is 2. The highest BCUT2D eigenvalue weighted by Gasteiger charge is 2.37. The molecule has 1 saturated heterocycles. The van der Waals surface area contributed by atoms with Crippen molar-refractivity contribution in [2.24, 2.45) is 0 Å². The van der Waals surface area contributed by atoms with Crippen molar-refractivity contribution in [2.45, 2.75) is 31.3 Å². The molecule has 0 spiro atoms. The number of rotatable bonds is 7. The van der Waals surface area contributed by atoms with Crippen LogP contribution in [-0.2, 0) is 14.3 Å². The fraction of sp³-hybridized carbons (Fsp3) is 0.625. The number of ether oxygens (including phenoxy) is 2. The molecule has 0 radical (unpaired) electrons. The van der Waals surface area contributed by atoms with Gasteiger partial charge in [-0.2, -0.15) is 0 Å². The van der Waals surface area contributed by atoms with E-state index in [0.717, 1.165) is 12.8 Å². The minimum absolute atomic E-state index is 0.0283. The number of methoxy groups -OCH3 is 1. The van der Waals surface area contributed by atoms with Gasteiger partial charge in [-0.15, -0.1) is 0 Å². The van der Waals surface area contributed by atoms with Crippen molar-refractivity contribution in [3.05, 3.63) is 18.5 Å². The Balaban J connectivity index is 1.90. The molecule has 1 aliphatic rings. The van der Waals surface area contributed by atoms with E-state index in [-0.39, 0.29) is 24.4 Å². The molecule has 1 N–H and O–H groups in total. The molecule has 1 aromatic heterocycles. The second-order valence-corrected chi connectivity index (χ2v) is 5.80. The number of nitrogens with one attached hydrogen (secondary N) is 1. The molecule has 1 aliphatic heterocycles. The predicted octanol–water partition coefficient (Wildman–Crippen LogP) is 0.389. The van der Waals surface area contributed by atoms with E-state index in [2.05, 4.69) is 15.3 Å². The lowest BCUT2D eigenvalue weighted by molar-refractivity contribution is -0.143. The van der Waals surface area contributed by atoms with Gasteiger partial charge in [0.25, 0.3) is 5.91 Å². The van der Waals surface area contributed by atoms with Gasteiger partial charge in [0.15, 0.2) is 6.61 Å². The molecule has 8 heteroatoms. The van der Waals surface area contributed by atoms with Gasteiger partial charge >= 0.3 is 6.01 Å². The van der Waals surface area contributed by atoms with Gasteiger partial charge in [-0.3, -0.25) is 9.59 Å². The lowest BCUT2D eigenvalue weighted by Crippen LogP contribution is -2.52. The number of likely N-dealkylation sites (tertiary alicyclic amines) is 1. The quantitative estimate of drug-likeness (QED) is 0.774. The zero-order chi connectivity index (χ0) is 17.4. The van der Waals surface area contributed by atoms with Gasteiger partial charge < -0.3 is 19.7 Å². The molecule has 8 nitrogen and oxygen atoms in total. The summed E-state index contributed by atoms with van der Waals surface area (Å²) < 4.78 is 11.0. The molecule has 0 aromatic carbocycles. The average molecular weight is 336 g/mol. The smallest absolute Gasteiger partial charge is 0.316 e. The van der Waals surface area contributed by atoms with Crippen LogP contribution < -0.4 is 10.1 Å². The molecular formula is C16H24N4O4. The van der Waals surface area contributed by atoms with Crippen molar-refractivity contribution >= 4 is 11.8 Å². The summed E-state index contributed by atoms with van der Waals surface area (Å²) in [4.78, 5) is 33.5. The number of amides is 2. The molecule has 2 heterocycles. The Morgan fingerprint density at radius 2 is 2.12 bits per heavy atom. The molecule has 0 saturated carbocycles. The van der Waals surface area contributed by atoms with Crippen molar-refractivity contribution < 1.29 is 19.1 Å². The summed E-state index contributed by atoms with van der Waals surface area (Å²) in [5.74, 6) is -0.164. The van der Waals surface area contributed by atoms with E-state index >= 15 is 0 Å². The van der Waals surface area contributed by atoms with Crippen LogP contribution in [0.5, 0.6) is 6.01 Å². The van der Waals surface area contributed by atoms with Crippen LogP contribution >= 0.6 is 0 Å². The molecule has 2 amide bonds. The molecule has 2 rings (SSSR count). The topological polar surface area (TPSA) is 93.7 Å². The monoisotopic (exact) mass is 336 g/mol. The SMILES string of the molecule is CNC(=O)CC[C@@]1(OC)CCCN(C(=O)COc2ncccn2)C1. The Labute approximate surface area is 141 Å². The summed E-state index contributed by atoms with van der Waals surface area (Å²) in [5, 5.41) is 2.61. The standard InChI is InChI=1S/C16H24N4O4/c1-17-13(21)5-7-16(23-2)6-3-10-20(12-16)14(22)11-24-15-18-8-4-9-19-15/h4,8-9H,3,5-7,10-12H2,1-2H3,(H,17,21)/t16-/m0/s1. The Morgan fingerprint density at radius 1 is 1.38 bits per heavy atom. The van der Waals surface area contributed by atoms with Gasteiger partial charge in [0.1, 0.15) is 0 Å². The normalized spacial score (nSPS) is 20.5. The number of piperidine rings is 1. The summed E-state index contributed by atoms with van der Waals surface area (Å²) in [6.45, 7) is 1.00. The summed E-state index contributed by atoms with van der Waals surface area (Å²) in [6.07, 6.45) is 5.73. The van der Waals surface area contributed by atoms with Gasteiger partial charge in [0, 0.05) is 46.1 Å². The number of aromatic nitrogens is 2. The van der Waals surface area contributed by atoms with E-state index in [9.17, 15) is 9.59 Å². The van der Waals surface area contributed by atoms with E-state index in [1.807, 2.05) is 0 Å². The first-order valence-electron chi connectivity index (χ1n) is 8.02. The van der Waals surface area contributed by atoms with Crippen LogP contribution in [-0.4, -0.2) is 66.1 Å². The van der Waals surface area contributed by atoms with Gasteiger partial charge in [-0.25, -0.2) is 9.97 Å². The molecule has 24 heavy (non-hydrogen) atoms. The highest BCUT2D eigenvalue weighted by Crippen LogP contribution is 2.29. The average Bonchev–Trinajstić information content (AvgIpc) is 2.65. The fourth-order valence-electron chi connectivity index (χ4n) is 2.83. The Bertz CT molecular complexity index is 554. The zero-order valence-electron chi connectivity index (χ0n) is 14.2. The lowest BCUT2D eigenvalue weighted by atomic mass is 9.87. The first-order chi connectivity index (χ1) is 11.6. The Morgan fingerprint density at radius 3 is 2.79 bits per heavy atom. The van der Waals surface area contributed by atoms with Crippen molar-refractivity contribution in [3.8, 4) is 6.01 Å². The third-order valence-corrected chi connectivity index (χ3v) is 4.28. The molecule has 0 bridgehead atoms. The van der Waals surface area contributed by atoms with Crippen LogP contribution in [0.4, 0.5) is 0 Å². The highest BCUT2D eigenvalue weighted by atomic mass is 16.5. The van der Waals surface area contributed by atoms with E-state index in [0.29, 0.717) is 25.9 Å². The first kappa shape index (κ1) is 18.1. The van der Waals surface area contributed by atoms with Crippen molar-refractivity contribution in [1.29, 1.82) is 0 Å². The number of carbonyl (C=O) groups is 2. The second-order valence-electron chi connectivity index (χ2n) is 5.80. The highest BCUT2D eigenvalue weighted by molar-refractivity contribution is 5.78. The summed E-state index contributed by atoms with van der Waals surface area (Å²) in [7, 11) is 3.24. The largest absolute Gasteiger partial charge is 0.453 e. The predicted molar refractivity (Wildman–Crippen MR) is 86.4 cm³/mol. The van der Waals surface area contributed by atoms with Gasteiger partial charge in [-0.05, 0) is 25.3 Å². The molecule has 0 unspecified atom stereocenters. The molecule has 1 fully saturated rings. The fourth-order valence-corrected chi connectivity index (χ4v) is 2.83. The minimum Gasteiger partial charge on any atom is -0.453 e. The van der Waals surface area contributed by atoms with E-state index < -0.39 is 5.60 Å². The molecular weight excluding hydrogens is 312 g/mol. The van der Waals surface area contributed by atoms with Crippen LogP contribution in [0.2, 0.25) is 0 Å². The first-order valence-corrected chi connectivity index (χ1v) is 8.02. The molecule has 1 aromatic rings. The molecule has 0 aliphatic carbocycles. The maximum atomic E-state index is 12.4. The van der Waals surface area contributed by atoms with Gasteiger partial charge in [-0.1, -0.05) is 0 Å². The number of hydrogen-bond acceptors (Lipinski definition) is 6. The summed E-state index contributed by atoms with van der Waals surface area (Å²) in [6, 6.07) is 1.86.